The van der Waals surface area contributed by atoms with Crippen LogP contribution in [0.2, 0.25) is 10.0 Å². The largest absolute Gasteiger partial charge is 0.492 e. The van der Waals surface area contributed by atoms with Crippen LogP contribution < -0.4 is 10.2 Å². The number of hydrogen-bond acceptors (Lipinski definition) is 3. The standard InChI is InChI=1S/C17H22Cl2N2O2/c1-12-5-2-3-6-15(12)20-21-17(22)7-4-10-23-16-9-8-13(18)11-14(16)19/h8-9,11-12H,2-7,10H2,1H3,(H,21,22)/b20-15-/t12-/m1/s1. The molecule has 1 N–H and O–H groups in total. The van der Waals surface area contributed by atoms with E-state index in [1.54, 1.807) is 18.2 Å². The highest BCUT2D eigenvalue weighted by Crippen LogP contribution is 2.27. The van der Waals surface area contributed by atoms with E-state index < -0.39 is 0 Å². The molecular formula is C17H22Cl2N2O2. The molecule has 0 bridgehead atoms. The molecule has 1 aliphatic rings. The summed E-state index contributed by atoms with van der Waals surface area (Å²) in [5.41, 5.74) is 3.76. The Bertz CT molecular complexity index is 576. The number of hydrazone groups is 1. The summed E-state index contributed by atoms with van der Waals surface area (Å²) in [7, 11) is 0. The van der Waals surface area contributed by atoms with Gasteiger partial charge in [-0.15, -0.1) is 0 Å². The molecule has 1 aliphatic carbocycles. The van der Waals surface area contributed by atoms with Gasteiger partial charge in [-0.3, -0.25) is 4.79 Å². The molecule has 1 aromatic carbocycles. The van der Waals surface area contributed by atoms with Gasteiger partial charge in [0.25, 0.3) is 0 Å². The highest BCUT2D eigenvalue weighted by atomic mass is 35.5. The third-order valence-electron chi connectivity index (χ3n) is 3.91. The number of halogens is 2. The summed E-state index contributed by atoms with van der Waals surface area (Å²) in [6.07, 6.45) is 5.53. The second kappa shape index (κ2) is 9.14. The van der Waals surface area contributed by atoms with Gasteiger partial charge in [-0.05, 0) is 49.8 Å². The molecule has 0 saturated heterocycles. The molecule has 1 aromatic rings. The molecule has 0 radical (unpaired) electrons. The van der Waals surface area contributed by atoms with Gasteiger partial charge < -0.3 is 4.74 Å². The van der Waals surface area contributed by atoms with Gasteiger partial charge in [-0.25, -0.2) is 5.43 Å². The quantitative estimate of drug-likeness (QED) is 0.585. The Labute approximate surface area is 147 Å². The van der Waals surface area contributed by atoms with Gasteiger partial charge in [-0.2, -0.15) is 5.10 Å². The van der Waals surface area contributed by atoms with E-state index in [1.807, 2.05) is 0 Å². The number of carbonyl (C=O) groups excluding carboxylic acids is 1. The predicted molar refractivity (Wildman–Crippen MR) is 94.4 cm³/mol. The normalized spacial score (nSPS) is 19.6. The van der Waals surface area contributed by atoms with Crippen molar-refractivity contribution in [3.8, 4) is 5.75 Å². The summed E-state index contributed by atoms with van der Waals surface area (Å²) >= 11 is 11.8. The maximum Gasteiger partial charge on any atom is 0.240 e. The van der Waals surface area contributed by atoms with Crippen molar-refractivity contribution in [1.82, 2.24) is 5.43 Å². The average molecular weight is 357 g/mol. The molecule has 0 aromatic heterocycles. The summed E-state index contributed by atoms with van der Waals surface area (Å²) in [6.45, 7) is 2.58. The van der Waals surface area contributed by atoms with E-state index in [1.165, 1.54) is 6.42 Å². The van der Waals surface area contributed by atoms with Gasteiger partial charge >= 0.3 is 0 Å². The fraction of sp³-hybridized carbons (Fsp3) is 0.529. The third kappa shape index (κ3) is 6.04. The monoisotopic (exact) mass is 356 g/mol. The molecule has 0 aliphatic heterocycles. The number of rotatable bonds is 6. The lowest BCUT2D eigenvalue weighted by Gasteiger charge is -2.19. The van der Waals surface area contributed by atoms with Crippen LogP contribution in [0, 0.1) is 5.92 Å². The van der Waals surface area contributed by atoms with E-state index in [9.17, 15) is 4.79 Å². The van der Waals surface area contributed by atoms with E-state index >= 15 is 0 Å². The molecule has 1 atom stereocenters. The summed E-state index contributed by atoms with van der Waals surface area (Å²) < 4.78 is 5.55. The summed E-state index contributed by atoms with van der Waals surface area (Å²) in [5, 5.41) is 5.30. The van der Waals surface area contributed by atoms with Gasteiger partial charge in [0.1, 0.15) is 5.75 Å². The van der Waals surface area contributed by atoms with Crippen LogP contribution in [0.15, 0.2) is 23.3 Å². The van der Waals surface area contributed by atoms with Gasteiger partial charge in [0.2, 0.25) is 5.91 Å². The molecule has 0 spiro atoms. The highest BCUT2D eigenvalue weighted by Gasteiger charge is 2.16. The molecule has 0 heterocycles. The van der Waals surface area contributed by atoms with Crippen molar-refractivity contribution in [2.24, 2.45) is 11.0 Å². The van der Waals surface area contributed by atoms with Crippen molar-refractivity contribution in [3.05, 3.63) is 28.2 Å². The molecule has 6 heteroatoms. The van der Waals surface area contributed by atoms with Crippen LogP contribution in [-0.4, -0.2) is 18.2 Å². The first kappa shape index (κ1) is 18.1. The minimum atomic E-state index is -0.0823. The van der Waals surface area contributed by atoms with Crippen LogP contribution in [0.3, 0.4) is 0 Å². The molecule has 23 heavy (non-hydrogen) atoms. The average Bonchev–Trinajstić information content (AvgIpc) is 2.52. The number of nitrogens with zero attached hydrogens (tertiary/aromatic N) is 1. The lowest BCUT2D eigenvalue weighted by Crippen LogP contribution is -2.24. The maximum absolute atomic E-state index is 11.8. The molecule has 0 unspecified atom stereocenters. The number of ether oxygens (including phenoxy) is 1. The zero-order valence-corrected chi connectivity index (χ0v) is 14.8. The Morgan fingerprint density at radius 3 is 2.96 bits per heavy atom. The maximum atomic E-state index is 11.8. The van der Waals surface area contributed by atoms with Crippen molar-refractivity contribution in [2.75, 3.05) is 6.61 Å². The van der Waals surface area contributed by atoms with Gasteiger partial charge in [-0.1, -0.05) is 36.5 Å². The number of nitrogens with one attached hydrogen (secondary N) is 1. The zero-order chi connectivity index (χ0) is 16.7. The second-order valence-electron chi connectivity index (χ2n) is 5.81. The molecule has 1 amide bonds. The SMILES string of the molecule is C[C@@H]1CCCC/C1=N/NC(=O)CCCOc1ccc(Cl)cc1Cl. The Hall–Kier alpha value is -1.26. The van der Waals surface area contributed by atoms with Gasteiger partial charge in [0.05, 0.1) is 11.6 Å². The lowest BCUT2D eigenvalue weighted by atomic mass is 9.89. The minimum Gasteiger partial charge on any atom is -0.492 e. The first-order valence-electron chi connectivity index (χ1n) is 7.99. The zero-order valence-electron chi connectivity index (χ0n) is 13.3. The Morgan fingerprint density at radius 1 is 1.39 bits per heavy atom. The van der Waals surface area contributed by atoms with Crippen LogP contribution in [-0.2, 0) is 4.79 Å². The Balaban J connectivity index is 1.67. The molecule has 1 saturated carbocycles. The Kier molecular flexibility index (Phi) is 7.18. The number of carbonyl (C=O) groups is 1. The van der Waals surface area contributed by atoms with Crippen molar-refractivity contribution in [3.63, 3.8) is 0 Å². The highest BCUT2D eigenvalue weighted by molar-refractivity contribution is 6.35. The van der Waals surface area contributed by atoms with Crippen molar-refractivity contribution in [2.45, 2.75) is 45.4 Å². The fourth-order valence-electron chi connectivity index (χ4n) is 2.53. The summed E-state index contributed by atoms with van der Waals surface area (Å²) in [5.74, 6) is 0.966. The fourth-order valence-corrected chi connectivity index (χ4v) is 3.00. The van der Waals surface area contributed by atoms with Gasteiger partial charge in [0, 0.05) is 17.2 Å². The Morgan fingerprint density at radius 2 is 2.22 bits per heavy atom. The van der Waals surface area contributed by atoms with Crippen LogP contribution in [0.4, 0.5) is 0 Å². The van der Waals surface area contributed by atoms with E-state index in [0.717, 1.165) is 25.0 Å². The molecular weight excluding hydrogens is 335 g/mol. The third-order valence-corrected chi connectivity index (χ3v) is 4.44. The van der Waals surface area contributed by atoms with E-state index in [0.29, 0.717) is 41.2 Å². The summed E-state index contributed by atoms with van der Waals surface area (Å²) in [4.78, 5) is 11.8. The van der Waals surface area contributed by atoms with Gasteiger partial charge in [0.15, 0.2) is 0 Å². The van der Waals surface area contributed by atoms with Crippen molar-refractivity contribution >= 4 is 34.8 Å². The van der Waals surface area contributed by atoms with E-state index in [-0.39, 0.29) is 5.91 Å². The van der Waals surface area contributed by atoms with Crippen molar-refractivity contribution in [1.29, 1.82) is 0 Å². The molecule has 2 rings (SSSR count). The number of amides is 1. The van der Waals surface area contributed by atoms with Crippen LogP contribution in [0.1, 0.15) is 45.4 Å². The predicted octanol–water partition coefficient (Wildman–Crippen LogP) is 4.83. The molecule has 126 valence electrons. The van der Waals surface area contributed by atoms with Crippen molar-refractivity contribution < 1.29 is 9.53 Å². The van der Waals surface area contributed by atoms with Crippen LogP contribution >= 0.6 is 23.2 Å². The number of benzene rings is 1. The lowest BCUT2D eigenvalue weighted by molar-refractivity contribution is -0.121. The first-order valence-corrected chi connectivity index (χ1v) is 8.75. The van der Waals surface area contributed by atoms with E-state index in [2.05, 4.69) is 17.5 Å². The topological polar surface area (TPSA) is 50.7 Å². The van der Waals surface area contributed by atoms with E-state index in [4.69, 9.17) is 27.9 Å². The summed E-state index contributed by atoms with van der Waals surface area (Å²) in [6, 6.07) is 5.07. The molecule has 1 fully saturated rings. The second-order valence-corrected chi connectivity index (χ2v) is 6.66. The number of hydrogen-bond donors (Lipinski definition) is 1. The minimum absolute atomic E-state index is 0.0823. The molecule has 4 nitrogen and oxygen atoms in total. The van der Waals surface area contributed by atoms with Crippen LogP contribution in [0.25, 0.3) is 0 Å². The first-order chi connectivity index (χ1) is 11.1. The smallest absolute Gasteiger partial charge is 0.240 e. The van der Waals surface area contributed by atoms with Crippen LogP contribution in [0.5, 0.6) is 5.75 Å².